The van der Waals surface area contributed by atoms with Gasteiger partial charge in [0.25, 0.3) is 11.8 Å². The van der Waals surface area contributed by atoms with Crippen molar-refractivity contribution in [3.8, 4) is 11.5 Å². The summed E-state index contributed by atoms with van der Waals surface area (Å²) in [5, 5.41) is 26.7. The molecule has 58 heavy (non-hydrogen) atoms. The highest BCUT2D eigenvalue weighted by Crippen LogP contribution is 2.31. The second kappa shape index (κ2) is 19.7. The lowest BCUT2D eigenvalue weighted by atomic mass is 9.92. The standard InChI is InChI=1S/C37H38ClF7N4O9/c1-19(2)28(30(52)37(44,45)33(55)46-18-35(39,40)41)48-32(54)29(21-9-13-24(57-3)14-10-21)49-31(53)26(15-20-7-11-25(12-8-20)58-17-27(50)51)47-34(56)36(42,43)22-5-4-6-23(38)16-22/h4-14,16,19,26,28-30,52H,15,17-18H2,1-3H3,(H,46,55)(H,47,56)(H,48,54)(H,49,53)(H,50,51). The average molecular weight is 851 g/mol. The van der Waals surface area contributed by atoms with Gasteiger partial charge in [-0.25, -0.2) is 4.79 Å². The minimum atomic E-state index is -5.07. The average Bonchev–Trinajstić information content (AvgIpc) is 3.16. The molecule has 4 amide bonds. The zero-order chi connectivity index (χ0) is 43.6. The summed E-state index contributed by atoms with van der Waals surface area (Å²) >= 11 is 5.85. The summed E-state index contributed by atoms with van der Waals surface area (Å²) in [6, 6.07) is 8.68. The van der Waals surface area contributed by atoms with Gasteiger partial charge in [-0.2, -0.15) is 30.7 Å². The fourth-order valence-electron chi connectivity index (χ4n) is 5.23. The van der Waals surface area contributed by atoms with Gasteiger partial charge in [-0.3, -0.25) is 19.2 Å². The van der Waals surface area contributed by atoms with Crippen LogP contribution in [-0.4, -0.2) is 90.4 Å². The van der Waals surface area contributed by atoms with Crippen LogP contribution in [0.2, 0.25) is 5.02 Å². The molecule has 4 unspecified atom stereocenters. The lowest BCUT2D eigenvalue weighted by Gasteiger charge is -2.33. The van der Waals surface area contributed by atoms with Crippen molar-refractivity contribution in [2.45, 2.75) is 62.5 Å². The van der Waals surface area contributed by atoms with Crippen LogP contribution in [0.3, 0.4) is 0 Å². The first-order chi connectivity index (χ1) is 27.0. The SMILES string of the molecule is COc1ccc(C(NC(=O)C(Cc2ccc(OCC(=O)O)cc2)NC(=O)C(F)(F)c2cccc(Cl)c2)C(=O)NC(C(C)C)C(O)C(F)(F)C(=O)NCC(F)(F)F)cc1. The lowest BCUT2D eigenvalue weighted by molar-refractivity contribution is -0.175. The molecule has 3 rings (SSSR count). The van der Waals surface area contributed by atoms with E-state index in [0.29, 0.717) is 0 Å². The Kier molecular flexibility index (Phi) is 15.9. The normalized spacial score (nSPS) is 14.0. The molecule has 3 aromatic carbocycles. The highest BCUT2D eigenvalue weighted by atomic mass is 35.5. The van der Waals surface area contributed by atoms with Crippen molar-refractivity contribution in [1.29, 1.82) is 0 Å². The number of aliphatic hydroxyl groups excluding tert-OH is 1. The van der Waals surface area contributed by atoms with E-state index in [1.165, 1.54) is 75.6 Å². The zero-order valence-corrected chi connectivity index (χ0v) is 31.5. The maximum absolute atomic E-state index is 15.5. The van der Waals surface area contributed by atoms with Crippen LogP contribution in [0.25, 0.3) is 0 Å². The predicted octanol–water partition coefficient (Wildman–Crippen LogP) is 4.30. The molecule has 316 valence electrons. The van der Waals surface area contributed by atoms with Crippen molar-refractivity contribution in [3.63, 3.8) is 0 Å². The van der Waals surface area contributed by atoms with Crippen LogP contribution in [0.4, 0.5) is 30.7 Å². The molecule has 0 aliphatic carbocycles. The van der Waals surface area contributed by atoms with Gasteiger partial charge < -0.3 is 41.0 Å². The number of carbonyl (C=O) groups is 5. The van der Waals surface area contributed by atoms with Crippen LogP contribution in [0.1, 0.15) is 36.6 Å². The molecule has 0 saturated carbocycles. The number of hydrogen-bond acceptors (Lipinski definition) is 8. The Hall–Kier alpha value is -5.63. The predicted molar refractivity (Wildman–Crippen MR) is 191 cm³/mol. The Bertz CT molecular complexity index is 1920. The van der Waals surface area contributed by atoms with Gasteiger partial charge in [-0.05, 0) is 53.4 Å². The maximum atomic E-state index is 15.5. The van der Waals surface area contributed by atoms with Gasteiger partial charge in [-0.1, -0.05) is 61.8 Å². The van der Waals surface area contributed by atoms with Gasteiger partial charge in [0.05, 0.1) is 13.2 Å². The van der Waals surface area contributed by atoms with E-state index in [9.17, 15) is 42.3 Å². The molecule has 4 atom stereocenters. The number of carbonyl (C=O) groups excluding carboxylic acids is 4. The van der Waals surface area contributed by atoms with Gasteiger partial charge >= 0.3 is 24.0 Å². The number of benzene rings is 3. The third-order valence-corrected chi connectivity index (χ3v) is 8.54. The quantitative estimate of drug-likeness (QED) is 0.0955. The molecule has 0 aliphatic rings. The van der Waals surface area contributed by atoms with Gasteiger partial charge in [0, 0.05) is 17.0 Å². The van der Waals surface area contributed by atoms with E-state index >= 15 is 17.6 Å². The number of methoxy groups -OCH3 is 1. The van der Waals surface area contributed by atoms with Crippen molar-refractivity contribution in [2.24, 2.45) is 5.92 Å². The number of aliphatic carboxylic acids is 1. The van der Waals surface area contributed by atoms with E-state index in [-0.39, 0.29) is 27.6 Å². The van der Waals surface area contributed by atoms with Gasteiger partial charge in [-0.15, -0.1) is 0 Å². The smallest absolute Gasteiger partial charge is 0.405 e. The molecule has 0 heterocycles. The molecule has 0 aliphatic heterocycles. The highest BCUT2D eigenvalue weighted by Gasteiger charge is 2.52. The Morgan fingerprint density at radius 3 is 1.93 bits per heavy atom. The fraction of sp³-hybridized carbons (Fsp3) is 0.378. The molecule has 0 radical (unpaired) electrons. The van der Waals surface area contributed by atoms with Gasteiger partial charge in [0.1, 0.15) is 36.2 Å². The first-order valence-electron chi connectivity index (χ1n) is 17.0. The summed E-state index contributed by atoms with van der Waals surface area (Å²) in [5.41, 5.74) is -0.712. The van der Waals surface area contributed by atoms with Crippen molar-refractivity contribution < 1.29 is 74.4 Å². The van der Waals surface area contributed by atoms with E-state index in [1.54, 1.807) is 0 Å². The van der Waals surface area contributed by atoms with Crippen LogP contribution >= 0.6 is 11.6 Å². The monoisotopic (exact) mass is 850 g/mol. The van der Waals surface area contributed by atoms with Crippen molar-refractivity contribution in [2.75, 3.05) is 20.3 Å². The number of halogens is 8. The second-order valence-electron chi connectivity index (χ2n) is 13.0. The number of alkyl halides is 7. The van der Waals surface area contributed by atoms with Gasteiger partial charge in [0.2, 0.25) is 11.8 Å². The molecule has 13 nitrogen and oxygen atoms in total. The first-order valence-corrected chi connectivity index (χ1v) is 17.4. The van der Waals surface area contributed by atoms with E-state index < -0.39 is 103 Å². The third kappa shape index (κ3) is 12.9. The summed E-state index contributed by atoms with van der Waals surface area (Å²) in [5.74, 6) is -18.3. The molecular weight excluding hydrogens is 813 g/mol. The maximum Gasteiger partial charge on any atom is 0.405 e. The first kappa shape index (κ1) is 46.8. The minimum absolute atomic E-state index is 0.0743. The van der Waals surface area contributed by atoms with Crippen molar-refractivity contribution in [1.82, 2.24) is 21.3 Å². The Labute approximate surface area is 331 Å². The van der Waals surface area contributed by atoms with E-state index in [4.69, 9.17) is 26.2 Å². The number of carboxylic acids is 1. The third-order valence-electron chi connectivity index (χ3n) is 8.31. The van der Waals surface area contributed by atoms with E-state index in [1.807, 2.05) is 5.32 Å². The molecule has 0 saturated heterocycles. The van der Waals surface area contributed by atoms with Crippen LogP contribution in [0.15, 0.2) is 72.8 Å². The number of rotatable bonds is 19. The summed E-state index contributed by atoms with van der Waals surface area (Å²) in [6.07, 6.45) is -8.72. The fourth-order valence-corrected chi connectivity index (χ4v) is 5.42. The topological polar surface area (TPSA) is 192 Å². The van der Waals surface area contributed by atoms with Crippen molar-refractivity contribution in [3.05, 3.63) is 94.5 Å². The molecule has 21 heteroatoms. The molecule has 0 bridgehead atoms. The van der Waals surface area contributed by atoms with E-state index in [0.717, 1.165) is 23.5 Å². The van der Waals surface area contributed by atoms with Crippen LogP contribution in [0, 0.1) is 5.92 Å². The number of amides is 4. The molecular formula is C37H38ClF7N4O9. The van der Waals surface area contributed by atoms with Crippen molar-refractivity contribution >= 4 is 41.2 Å². The number of hydrogen-bond donors (Lipinski definition) is 6. The molecule has 0 spiro atoms. The Balaban J connectivity index is 2.01. The number of carboxylic acid groups (broad SMARTS) is 1. The largest absolute Gasteiger partial charge is 0.497 e. The Morgan fingerprint density at radius 2 is 1.40 bits per heavy atom. The molecule has 6 N–H and O–H groups in total. The molecule has 3 aromatic rings. The van der Waals surface area contributed by atoms with Gasteiger partial charge in [0.15, 0.2) is 6.61 Å². The molecule has 0 fully saturated rings. The number of ether oxygens (including phenoxy) is 2. The lowest BCUT2D eigenvalue weighted by Crippen LogP contribution is -2.61. The minimum Gasteiger partial charge on any atom is -0.497 e. The second-order valence-corrected chi connectivity index (χ2v) is 13.4. The summed E-state index contributed by atoms with van der Waals surface area (Å²) < 4.78 is 109. The number of aliphatic hydroxyl groups is 1. The van der Waals surface area contributed by atoms with Crippen LogP contribution in [0.5, 0.6) is 11.5 Å². The number of nitrogens with one attached hydrogen (secondary N) is 4. The van der Waals surface area contributed by atoms with Crippen LogP contribution < -0.4 is 30.7 Å². The summed E-state index contributed by atoms with van der Waals surface area (Å²) in [4.78, 5) is 64.0. The Morgan fingerprint density at radius 1 is 0.793 bits per heavy atom. The summed E-state index contributed by atoms with van der Waals surface area (Å²) in [7, 11) is 1.30. The summed E-state index contributed by atoms with van der Waals surface area (Å²) in [6.45, 7) is -0.403. The van der Waals surface area contributed by atoms with Crippen LogP contribution in [-0.2, 0) is 36.3 Å². The molecule has 0 aromatic heterocycles. The van der Waals surface area contributed by atoms with E-state index in [2.05, 4.69) is 10.6 Å². The zero-order valence-electron chi connectivity index (χ0n) is 30.7. The highest BCUT2D eigenvalue weighted by molar-refractivity contribution is 6.30.